The molecule has 1 unspecified atom stereocenters. The fourth-order valence-electron chi connectivity index (χ4n) is 3.10. The highest BCUT2D eigenvalue weighted by Gasteiger charge is 2.45. The average Bonchev–Trinajstić information content (AvgIpc) is 2.66. The Kier molecular flexibility index (Phi) is 7.21. The molecule has 6 nitrogen and oxygen atoms in total. The Bertz CT molecular complexity index is 616. The van der Waals surface area contributed by atoms with Crippen molar-refractivity contribution in [3.8, 4) is 0 Å². The lowest BCUT2D eigenvalue weighted by Crippen LogP contribution is -2.58. The van der Waals surface area contributed by atoms with Crippen LogP contribution in [0.25, 0.3) is 0 Å². The highest BCUT2D eigenvalue weighted by atomic mass is 19.4. The number of rotatable bonds is 7. The van der Waals surface area contributed by atoms with E-state index in [1.165, 1.54) is 33.5 Å². The van der Waals surface area contributed by atoms with Crippen LogP contribution in [-0.4, -0.2) is 63.8 Å². The second kappa shape index (κ2) is 9.01. The molecule has 1 fully saturated rings. The summed E-state index contributed by atoms with van der Waals surface area (Å²) in [7, 11) is 4.27. The molecule has 9 heteroatoms. The Morgan fingerprint density at radius 2 is 1.81 bits per heavy atom. The van der Waals surface area contributed by atoms with Gasteiger partial charge in [-0.2, -0.15) is 13.2 Å². The minimum Gasteiger partial charge on any atom is -0.467 e. The Hall–Kier alpha value is -1.68. The van der Waals surface area contributed by atoms with Crippen LogP contribution in [0.5, 0.6) is 0 Å². The number of piperidine rings is 1. The van der Waals surface area contributed by atoms with Crippen LogP contribution in [0, 0.1) is 0 Å². The van der Waals surface area contributed by atoms with Gasteiger partial charge in [-0.15, -0.1) is 0 Å². The van der Waals surface area contributed by atoms with Crippen LogP contribution in [0.2, 0.25) is 0 Å². The molecule has 1 atom stereocenters. The second-order valence-electron chi connectivity index (χ2n) is 6.28. The zero-order valence-corrected chi connectivity index (χ0v) is 15.5. The van der Waals surface area contributed by atoms with E-state index in [9.17, 15) is 18.0 Å². The van der Waals surface area contributed by atoms with Crippen molar-refractivity contribution in [2.45, 2.75) is 31.0 Å². The number of likely N-dealkylation sites (tertiary alicyclic amines) is 1. The molecule has 1 saturated heterocycles. The number of hydrogen-bond donors (Lipinski definition) is 0. The van der Waals surface area contributed by atoms with E-state index < -0.39 is 29.6 Å². The number of ether oxygens (including phenoxy) is 4. The molecule has 0 aromatic heterocycles. The van der Waals surface area contributed by atoms with Crippen molar-refractivity contribution in [3.63, 3.8) is 0 Å². The predicted molar refractivity (Wildman–Crippen MR) is 89.8 cm³/mol. The molecule has 1 heterocycles. The smallest absolute Gasteiger partial charge is 0.416 e. The van der Waals surface area contributed by atoms with Gasteiger partial charge >= 0.3 is 12.1 Å². The molecule has 2 rings (SSSR count). The third-order valence-corrected chi connectivity index (χ3v) is 4.70. The minimum atomic E-state index is -4.35. The summed E-state index contributed by atoms with van der Waals surface area (Å²) in [6.45, 7) is 1.18. The van der Waals surface area contributed by atoms with E-state index in [4.69, 9.17) is 14.2 Å². The van der Waals surface area contributed by atoms with Crippen LogP contribution < -0.4 is 0 Å². The van der Waals surface area contributed by atoms with Gasteiger partial charge in [-0.3, -0.25) is 4.90 Å². The van der Waals surface area contributed by atoms with E-state index in [2.05, 4.69) is 4.74 Å². The molecular weight excluding hydrogens is 367 g/mol. The third kappa shape index (κ3) is 5.41. The number of esters is 1. The third-order valence-electron chi connectivity index (χ3n) is 4.70. The molecule has 0 N–H and O–H groups in total. The Balaban J connectivity index is 2.05. The van der Waals surface area contributed by atoms with Gasteiger partial charge in [0.1, 0.15) is 12.7 Å². The van der Waals surface area contributed by atoms with E-state index in [1.54, 1.807) is 0 Å². The van der Waals surface area contributed by atoms with Crippen molar-refractivity contribution < 1.29 is 36.9 Å². The first-order valence-electron chi connectivity index (χ1n) is 8.41. The maximum Gasteiger partial charge on any atom is 0.416 e. The first-order chi connectivity index (χ1) is 12.7. The summed E-state index contributed by atoms with van der Waals surface area (Å²) in [6, 6.07) is 5.06. The zero-order chi connectivity index (χ0) is 20.1. The van der Waals surface area contributed by atoms with Gasteiger partial charge in [0.25, 0.3) is 0 Å². The number of alkyl halides is 3. The molecule has 0 spiro atoms. The average molecular weight is 391 g/mol. The summed E-state index contributed by atoms with van der Waals surface area (Å²) < 4.78 is 59.3. The minimum absolute atomic E-state index is 0.246. The standard InChI is InChI=1S/C18H24F3NO5/c1-24-16(23)12-27-15-11-22(9-8-17(15,25-2)26-3)10-13-4-6-14(7-5-13)18(19,20)21/h4-7,15H,8-12H2,1-3H3. The summed E-state index contributed by atoms with van der Waals surface area (Å²) in [4.78, 5) is 13.4. The number of carbonyl (C=O) groups excluding carboxylic acids is 1. The lowest BCUT2D eigenvalue weighted by atomic mass is 9.99. The predicted octanol–water partition coefficient (Wildman–Crippen LogP) is 2.46. The molecule has 1 aromatic rings. The Morgan fingerprint density at radius 3 is 2.33 bits per heavy atom. The fraction of sp³-hybridized carbons (Fsp3) is 0.611. The Morgan fingerprint density at radius 1 is 1.19 bits per heavy atom. The van der Waals surface area contributed by atoms with E-state index in [0.29, 0.717) is 26.1 Å². The molecule has 0 bridgehead atoms. The van der Waals surface area contributed by atoms with E-state index >= 15 is 0 Å². The molecule has 152 valence electrons. The molecule has 1 aromatic carbocycles. The van der Waals surface area contributed by atoms with Gasteiger partial charge in [0.2, 0.25) is 0 Å². The summed E-state index contributed by atoms with van der Waals surface area (Å²) in [5.41, 5.74) is 0.0685. The lowest BCUT2D eigenvalue weighted by molar-refractivity contribution is -0.288. The van der Waals surface area contributed by atoms with Gasteiger partial charge in [-0.05, 0) is 17.7 Å². The molecule has 1 aliphatic rings. The largest absolute Gasteiger partial charge is 0.467 e. The monoisotopic (exact) mass is 391 g/mol. The Labute approximate surface area is 156 Å². The summed E-state index contributed by atoms with van der Waals surface area (Å²) in [5.74, 6) is -1.51. The first kappa shape index (κ1) is 21.6. The van der Waals surface area contributed by atoms with E-state index in [1.807, 2.05) is 4.90 Å². The van der Waals surface area contributed by atoms with Crippen LogP contribution in [-0.2, 0) is 36.5 Å². The fourth-order valence-corrected chi connectivity index (χ4v) is 3.10. The van der Waals surface area contributed by atoms with Crippen molar-refractivity contribution in [1.82, 2.24) is 4.90 Å². The zero-order valence-electron chi connectivity index (χ0n) is 15.5. The van der Waals surface area contributed by atoms with Crippen LogP contribution >= 0.6 is 0 Å². The van der Waals surface area contributed by atoms with Crippen molar-refractivity contribution >= 4 is 5.97 Å². The normalized spacial score (nSPS) is 20.4. The first-order valence-corrected chi connectivity index (χ1v) is 8.41. The van der Waals surface area contributed by atoms with Gasteiger partial charge < -0.3 is 18.9 Å². The summed E-state index contributed by atoms with van der Waals surface area (Å²) >= 11 is 0. The molecular formula is C18H24F3NO5. The van der Waals surface area contributed by atoms with Crippen molar-refractivity contribution in [3.05, 3.63) is 35.4 Å². The van der Waals surface area contributed by atoms with Crippen LogP contribution in [0.1, 0.15) is 17.5 Å². The molecule has 0 amide bonds. The molecule has 0 radical (unpaired) electrons. The van der Waals surface area contributed by atoms with E-state index in [0.717, 1.165) is 17.7 Å². The van der Waals surface area contributed by atoms with Gasteiger partial charge in [0.15, 0.2) is 5.79 Å². The molecule has 27 heavy (non-hydrogen) atoms. The van der Waals surface area contributed by atoms with Crippen LogP contribution in [0.3, 0.4) is 0 Å². The van der Waals surface area contributed by atoms with Crippen LogP contribution in [0.4, 0.5) is 13.2 Å². The summed E-state index contributed by atoms with van der Waals surface area (Å²) in [5, 5.41) is 0. The van der Waals surface area contributed by atoms with Crippen molar-refractivity contribution in [2.75, 3.05) is 41.0 Å². The SMILES string of the molecule is COC(=O)COC1CN(Cc2ccc(C(F)(F)F)cc2)CCC1(OC)OC. The van der Waals surface area contributed by atoms with Gasteiger partial charge in [0.05, 0.1) is 12.7 Å². The van der Waals surface area contributed by atoms with Gasteiger partial charge in [0, 0.05) is 40.3 Å². The van der Waals surface area contributed by atoms with Gasteiger partial charge in [-0.1, -0.05) is 12.1 Å². The number of nitrogens with zero attached hydrogens (tertiary/aromatic N) is 1. The number of hydrogen-bond acceptors (Lipinski definition) is 6. The van der Waals surface area contributed by atoms with Crippen molar-refractivity contribution in [1.29, 1.82) is 0 Å². The van der Waals surface area contributed by atoms with Crippen molar-refractivity contribution in [2.24, 2.45) is 0 Å². The molecule has 0 saturated carbocycles. The highest BCUT2D eigenvalue weighted by Crippen LogP contribution is 2.31. The van der Waals surface area contributed by atoms with E-state index in [-0.39, 0.29) is 6.61 Å². The van der Waals surface area contributed by atoms with Gasteiger partial charge in [-0.25, -0.2) is 4.79 Å². The quantitative estimate of drug-likeness (QED) is 0.526. The topological polar surface area (TPSA) is 57.2 Å². The van der Waals surface area contributed by atoms with Crippen LogP contribution in [0.15, 0.2) is 24.3 Å². The number of carbonyl (C=O) groups is 1. The lowest BCUT2D eigenvalue weighted by Gasteiger charge is -2.45. The number of benzene rings is 1. The maximum atomic E-state index is 12.7. The molecule has 0 aliphatic carbocycles. The maximum absolute atomic E-state index is 12.7. The highest BCUT2D eigenvalue weighted by molar-refractivity contribution is 5.70. The second-order valence-corrected chi connectivity index (χ2v) is 6.28. The number of halogens is 3. The molecule has 1 aliphatic heterocycles. The number of methoxy groups -OCH3 is 3. The summed E-state index contributed by atoms with van der Waals surface area (Å²) in [6.07, 6.45) is -4.44.